The van der Waals surface area contributed by atoms with Gasteiger partial charge in [-0.25, -0.2) is 4.79 Å². The van der Waals surface area contributed by atoms with Gasteiger partial charge in [0.2, 0.25) is 0 Å². The Hall–Kier alpha value is -1.75. The molecule has 1 atom stereocenters. The number of rotatable bonds is 2. The number of fused-ring (bicyclic) bond motifs is 1. The molecule has 1 aromatic carbocycles. The van der Waals surface area contributed by atoms with Crippen LogP contribution in [0.25, 0.3) is 0 Å². The number of benzene rings is 1. The molecule has 2 rings (SSSR count). The molecule has 98 valence electrons. The molecule has 0 radical (unpaired) electrons. The van der Waals surface area contributed by atoms with Crippen LogP contribution in [0.2, 0.25) is 0 Å². The first-order valence-electron chi connectivity index (χ1n) is 5.66. The van der Waals surface area contributed by atoms with Crippen LogP contribution in [0.1, 0.15) is 29.8 Å². The topological polar surface area (TPSA) is 76.0 Å². The van der Waals surface area contributed by atoms with Crippen molar-refractivity contribution >= 4 is 5.97 Å². The molecule has 0 aliphatic carbocycles. The van der Waals surface area contributed by atoms with Gasteiger partial charge in [-0.05, 0) is 26.0 Å². The number of hydrogen-bond donors (Lipinski definition) is 2. The molecule has 0 fully saturated rings. The van der Waals surface area contributed by atoms with E-state index in [1.165, 1.54) is 13.2 Å². The third-order valence-electron chi connectivity index (χ3n) is 3.02. The minimum atomic E-state index is -1.02. The van der Waals surface area contributed by atoms with Gasteiger partial charge in [-0.3, -0.25) is 0 Å². The average molecular weight is 252 g/mol. The number of hydrogen-bond acceptors (Lipinski definition) is 5. The number of carbonyl (C=O) groups excluding carboxylic acids is 1. The molecule has 0 unspecified atom stereocenters. The Bertz CT molecular complexity index is 487. The summed E-state index contributed by atoms with van der Waals surface area (Å²) < 4.78 is 10.1. The highest BCUT2D eigenvalue weighted by atomic mass is 16.5. The van der Waals surface area contributed by atoms with E-state index in [4.69, 9.17) is 4.74 Å². The number of phenols is 1. The van der Waals surface area contributed by atoms with E-state index >= 15 is 0 Å². The highest BCUT2D eigenvalue weighted by Crippen LogP contribution is 2.40. The number of aliphatic hydroxyl groups is 1. The largest absolute Gasteiger partial charge is 0.504 e. The Kier molecular flexibility index (Phi) is 2.94. The van der Waals surface area contributed by atoms with Crippen molar-refractivity contribution in [3.05, 3.63) is 23.3 Å². The SMILES string of the molecule is COC(=O)c1cc(O)c2c(c1)C[C@H](C(C)(C)O)O2. The van der Waals surface area contributed by atoms with Crippen molar-refractivity contribution in [1.29, 1.82) is 0 Å². The van der Waals surface area contributed by atoms with Gasteiger partial charge in [0.15, 0.2) is 11.5 Å². The number of phenolic OH excluding ortho intramolecular Hbond substituents is 1. The lowest BCUT2D eigenvalue weighted by atomic mass is 9.96. The van der Waals surface area contributed by atoms with Crippen molar-refractivity contribution < 1.29 is 24.5 Å². The second-order valence-electron chi connectivity index (χ2n) is 4.94. The average Bonchev–Trinajstić information content (AvgIpc) is 2.72. The summed E-state index contributed by atoms with van der Waals surface area (Å²) in [6.45, 7) is 3.28. The zero-order valence-electron chi connectivity index (χ0n) is 10.6. The maximum absolute atomic E-state index is 11.4. The standard InChI is InChI=1S/C13H16O5/c1-13(2,16)10-6-7-4-8(12(15)17-3)5-9(14)11(7)18-10/h4-5,10,14,16H,6H2,1-3H3/t10-/m1/s1. The van der Waals surface area contributed by atoms with Crippen LogP contribution < -0.4 is 4.74 Å². The zero-order chi connectivity index (χ0) is 13.5. The van der Waals surface area contributed by atoms with Gasteiger partial charge in [0, 0.05) is 12.0 Å². The van der Waals surface area contributed by atoms with Gasteiger partial charge < -0.3 is 19.7 Å². The van der Waals surface area contributed by atoms with Gasteiger partial charge in [0.1, 0.15) is 6.10 Å². The third kappa shape index (κ3) is 2.13. The molecule has 2 N–H and O–H groups in total. The second-order valence-corrected chi connectivity index (χ2v) is 4.94. The molecule has 1 aliphatic rings. The highest BCUT2D eigenvalue weighted by molar-refractivity contribution is 5.90. The van der Waals surface area contributed by atoms with E-state index in [-0.39, 0.29) is 11.3 Å². The number of ether oxygens (including phenoxy) is 2. The van der Waals surface area contributed by atoms with Crippen LogP contribution in [0.3, 0.4) is 0 Å². The Morgan fingerprint density at radius 2 is 2.17 bits per heavy atom. The molecule has 5 nitrogen and oxygen atoms in total. The summed E-state index contributed by atoms with van der Waals surface area (Å²) in [6.07, 6.45) is 0.00308. The molecule has 0 bridgehead atoms. The van der Waals surface area contributed by atoms with Crippen LogP contribution in [-0.2, 0) is 11.2 Å². The van der Waals surface area contributed by atoms with E-state index in [2.05, 4.69) is 4.74 Å². The lowest BCUT2D eigenvalue weighted by molar-refractivity contribution is -0.0235. The molecule has 18 heavy (non-hydrogen) atoms. The summed E-state index contributed by atoms with van der Waals surface area (Å²) in [5.74, 6) is -0.297. The predicted molar refractivity (Wildman–Crippen MR) is 63.9 cm³/mol. The number of methoxy groups -OCH3 is 1. The lowest BCUT2D eigenvalue weighted by Crippen LogP contribution is -2.39. The van der Waals surface area contributed by atoms with Crippen LogP contribution in [0.15, 0.2) is 12.1 Å². The van der Waals surface area contributed by atoms with Gasteiger partial charge in [0.25, 0.3) is 0 Å². The molecular weight excluding hydrogens is 236 g/mol. The molecule has 0 spiro atoms. The maximum Gasteiger partial charge on any atom is 0.337 e. The van der Waals surface area contributed by atoms with Crippen LogP contribution in [0.4, 0.5) is 0 Å². The number of aromatic hydroxyl groups is 1. The maximum atomic E-state index is 11.4. The van der Waals surface area contributed by atoms with Crippen LogP contribution in [0, 0.1) is 0 Å². The Morgan fingerprint density at radius 1 is 1.50 bits per heavy atom. The Labute approximate surface area is 105 Å². The summed E-state index contributed by atoms with van der Waals surface area (Å²) >= 11 is 0. The first-order chi connectivity index (χ1) is 8.32. The fourth-order valence-corrected chi connectivity index (χ4v) is 1.97. The molecule has 0 amide bonds. The predicted octanol–water partition coefficient (Wildman–Crippen LogP) is 1.25. The Balaban J connectivity index is 2.36. The van der Waals surface area contributed by atoms with Crippen molar-refractivity contribution in [2.24, 2.45) is 0 Å². The molecule has 0 saturated carbocycles. The smallest absolute Gasteiger partial charge is 0.337 e. The van der Waals surface area contributed by atoms with E-state index in [0.29, 0.717) is 17.7 Å². The zero-order valence-corrected chi connectivity index (χ0v) is 10.6. The fourth-order valence-electron chi connectivity index (χ4n) is 1.97. The van der Waals surface area contributed by atoms with Gasteiger partial charge >= 0.3 is 5.97 Å². The highest BCUT2D eigenvalue weighted by Gasteiger charge is 2.36. The van der Waals surface area contributed by atoms with Crippen molar-refractivity contribution in [1.82, 2.24) is 0 Å². The van der Waals surface area contributed by atoms with Crippen LogP contribution in [-0.4, -0.2) is 35.0 Å². The summed E-state index contributed by atoms with van der Waals surface area (Å²) in [4.78, 5) is 11.4. The quantitative estimate of drug-likeness (QED) is 0.775. The van der Waals surface area contributed by atoms with E-state index < -0.39 is 17.7 Å². The fraction of sp³-hybridized carbons (Fsp3) is 0.462. The first-order valence-corrected chi connectivity index (χ1v) is 5.66. The monoisotopic (exact) mass is 252 g/mol. The summed E-state index contributed by atoms with van der Waals surface area (Å²) in [5, 5.41) is 19.7. The van der Waals surface area contributed by atoms with Gasteiger partial charge in [-0.2, -0.15) is 0 Å². The van der Waals surface area contributed by atoms with Gasteiger partial charge in [0.05, 0.1) is 18.3 Å². The van der Waals surface area contributed by atoms with Crippen LogP contribution >= 0.6 is 0 Å². The summed E-state index contributed by atoms with van der Waals surface area (Å²) in [7, 11) is 1.28. The van der Waals surface area contributed by atoms with Gasteiger partial charge in [-0.1, -0.05) is 0 Å². The third-order valence-corrected chi connectivity index (χ3v) is 3.02. The Morgan fingerprint density at radius 3 is 2.72 bits per heavy atom. The summed E-state index contributed by atoms with van der Waals surface area (Å²) in [5.41, 5.74) is -0.0482. The molecular formula is C13H16O5. The van der Waals surface area contributed by atoms with Crippen LogP contribution in [0.5, 0.6) is 11.5 Å². The lowest BCUT2D eigenvalue weighted by Gasteiger charge is -2.24. The first kappa shape index (κ1) is 12.7. The van der Waals surface area contributed by atoms with Gasteiger partial charge in [-0.15, -0.1) is 0 Å². The van der Waals surface area contributed by atoms with Crippen molar-refractivity contribution in [3.8, 4) is 11.5 Å². The van der Waals surface area contributed by atoms with Crippen molar-refractivity contribution in [3.63, 3.8) is 0 Å². The molecule has 0 aromatic heterocycles. The number of esters is 1. The van der Waals surface area contributed by atoms with Crippen molar-refractivity contribution in [2.45, 2.75) is 32.0 Å². The molecule has 1 aliphatic heterocycles. The minimum Gasteiger partial charge on any atom is -0.504 e. The van der Waals surface area contributed by atoms with E-state index in [0.717, 1.165) is 0 Å². The molecule has 1 heterocycles. The molecule has 5 heteroatoms. The normalized spacial score (nSPS) is 18.1. The van der Waals surface area contributed by atoms with Crippen molar-refractivity contribution in [2.75, 3.05) is 7.11 Å². The molecule has 1 aromatic rings. The van der Waals surface area contributed by atoms with E-state index in [1.807, 2.05) is 0 Å². The van der Waals surface area contributed by atoms with E-state index in [1.54, 1.807) is 19.9 Å². The minimum absolute atomic E-state index is 0.111. The number of carbonyl (C=O) groups is 1. The summed E-state index contributed by atoms with van der Waals surface area (Å²) in [6, 6.07) is 2.92. The van der Waals surface area contributed by atoms with E-state index in [9.17, 15) is 15.0 Å². The molecule has 0 saturated heterocycles. The second kappa shape index (κ2) is 4.17.